The molecule has 0 bridgehead atoms. The van der Waals surface area contributed by atoms with E-state index in [0.29, 0.717) is 4.99 Å². The zero-order valence-electron chi connectivity index (χ0n) is 10.1. The van der Waals surface area contributed by atoms with Crippen LogP contribution in [0.4, 0.5) is 0 Å². The SMILES string of the molecule is NC(=S)c1ccc(CC(=O)NCCS(N)(=O)=O)cc1. The van der Waals surface area contributed by atoms with Crippen LogP contribution < -0.4 is 16.2 Å². The van der Waals surface area contributed by atoms with E-state index in [1.807, 2.05) is 0 Å². The lowest BCUT2D eigenvalue weighted by Crippen LogP contribution is -2.32. The molecule has 5 N–H and O–H groups in total. The van der Waals surface area contributed by atoms with Gasteiger partial charge in [0.05, 0.1) is 12.2 Å². The number of primary sulfonamides is 1. The fraction of sp³-hybridized carbons (Fsp3) is 0.273. The highest BCUT2D eigenvalue weighted by molar-refractivity contribution is 7.89. The van der Waals surface area contributed by atoms with Gasteiger partial charge in [-0.05, 0) is 5.56 Å². The third-order valence-corrected chi connectivity index (χ3v) is 3.32. The van der Waals surface area contributed by atoms with Crippen molar-refractivity contribution < 1.29 is 13.2 Å². The maximum Gasteiger partial charge on any atom is 0.224 e. The summed E-state index contributed by atoms with van der Waals surface area (Å²) in [6, 6.07) is 6.95. The first-order valence-corrected chi connectivity index (χ1v) is 7.56. The first kappa shape index (κ1) is 15.5. The monoisotopic (exact) mass is 301 g/mol. The van der Waals surface area contributed by atoms with Crippen LogP contribution in [-0.2, 0) is 21.2 Å². The van der Waals surface area contributed by atoms with Gasteiger partial charge in [-0.1, -0.05) is 36.5 Å². The minimum Gasteiger partial charge on any atom is -0.389 e. The van der Waals surface area contributed by atoms with Crippen molar-refractivity contribution in [3.05, 3.63) is 35.4 Å². The highest BCUT2D eigenvalue weighted by atomic mass is 32.2. The molecule has 0 spiro atoms. The van der Waals surface area contributed by atoms with Crippen LogP contribution >= 0.6 is 12.2 Å². The molecule has 104 valence electrons. The van der Waals surface area contributed by atoms with Crippen LogP contribution in [0.5, 0.6) is 0 Å². The van der Waals surface area contributed by atoms with Crippen LogP contribution in [0.2, 0.25) is 0 Å². The molecule has 6 nitrogen and oxygen atoms in total. The number of rotatable bonds is 6. The van der Waals surface area contributed by atoms with Gasteiger partial charge in [-0.2, -0.15) is 0 Å². The molecule has 8 heteroatoms. The summed E-state index contributed by atoms with van der Waals surface area (Å²) >= 11 is 4.82. The molecule has 0 aliphatic rings. The molecule has 0 unspecified atom stereocenters. The second-order valence-electron chi connectivity index (χ2n) is 3.95. The molecule has 0 aromatic heterocycles. The lowest BCUT2D eigenvalue weighted by molar-refractivity contribution is -0.120. The van der Waals surface area contributed by atoms with Crippen molar-refractivity contribution in [2.75, 3.05) is 12.3 Å². The number of amides is 1. The fourth-order valence-electron chi connectivity index (χ4n) is 1.37. The third kappa shape index (κ3) is 6.27. The predicted molar refractivity (Wildman–Crippen MR) is 77.0 cm³/mol. The molecule has 1 amide bonds. The summed E-state index contributed by atoms with van der Waals surface area (Å²) in [6.45, 7) is 0.00262. The average molecular weight is 301 g/mol. The molecule has 1 rings (SSSR count). The Kier molecular flexibility index (Phi) is 5.40. The molecule has 0 saturated heterocycles. The first-order valence-electron chi connectivity index (χ1n) is 5.44. The Morgan fingerprint density at radius 3 is 2.32 bits per heavy atom. The molecule has 19 heavy (non-hydrogen) atoms. The van der Waals surface area contributed by atoms with Crippen molar-refractivity contribution in [1.82, 2.24) is 5.32 Å². The van der Waals surface area contributed by atoms with Crippen molar-refractivity contribution in [2.24, 2.45) is 10.9 Å². The Balaban J connectivity index is 2.46. The number of nitrogens with two attached hydrogens (primary N) is 2. The van der Waals surface area contributed by atoms with Gasteiger partial charge in [0.1, 0.15) is 4.99 Å². The highest BCUT2D eigenvalue weighted by Gasteiger charge is 2.06. The van der Waals surface area contributed by atoms with E-state index >= 15 is 0 Å². The van der Waals surface area contributed by atoms with Crippen molar-refractivity contribution in [1.29, 1.82) is 0 Å². The number of hydrogen-bond acceptors (Lipinski definition) is 4. The first-order chi connectivity index (χ1) is 8.78. The van der Waals surface area contributed by atoms with Crippen LogP contribution in [0.3, 0.4) is 0 Å². The molecule has 0 aliphatic carbocycles. The lowest BCUT2D eigenvalue weighted by Gasteiger charge is -2.05. The van der Waals surface area contributed by atoms with E-state index in [2.05, 4.69) is 5.32 Å². The molecule has 0 fully saturated rings. The summed E-state index contributed by atoms with van der Waals surface area (Å²) < 4.78 is 21.3. The number of sulfonamides is 1. The van der Waals surface area contributed by atoms with Gasteiger partial charge >= 0.3 is 0 Å². The largest absolute Gasteiger partial charge is 0.389 e. The van der Waals surface area contributed by atoms with E-state index in [1.54, 1.807) is 24.3 Å². The van der Waals surface area contributed by atoms with Crippen LogP contribution in [0.15, 0.2) is 24.3 Å². The Bertz CT molecular complexity index is 567. The normalized spacial score (nSPS) is 11.0. The maximum absolute atomic E-state index is 11.5. The third-order valence-electron chi connectivity index (χ3n) is 2.31. The minimum absolute atomic E-state index is 0.00262. The summed E-state index contributed by atoms with van der Waals surface area (Å²) in [7, 11) is -3.55. The molecular formula is C11H15N3O3S2. The maximum atomic E-state index is 11.5. The van der Waals surface area contributed by atoms with Crippen molar-refractivity contribution in [2.45, 2.75) is 6.42 Å². The summed E-state index contributed by atoms with van der Waals surface area (Å²) in [5, 5.41) is 7.29. The van der Waals surface area contributed by atoms with Gasteiger partial charge in [0.15, 0.2) is 0 Å². The Morgan fingerprint density at radius 1 is 1.26 bits per heavy atom. The van der Waals surface area contributed by atoms with Crippen LogP contribution in [0.1, 0.15) is 11.1 Å². The van der Waals surface area contributed by atoms with E-state index in [9.17, 15) is 13.2 Å². The summed E-state index contributed by atoms with van der Waals surface area (Å²) in [5.74, 6) is -0.550. The standard InChI is InChI=1S/C11H15N3O3S2/c12-11(18)9-3-1-8(2-4-9)7-10(15)14-5-6-19(13,16)17/h1-4H,5-7H2,(H2,12,18)(H,14,15)(H2,13,16,17). The second kappa shape index (κ2) is 6.60. The number of carbonyl (C=O) groups is 1. The second-order valence-corrected chi connectivity index (χ2v) is 6.13. The van der Waals surface area contributed by atoms with E-state index in [1.165, 1.54) is 0 Å². The van der Waals surface area contributed by atoms with Crippen LogP contribution in [0, 0.1) is 0 Å². The molecule has 0 aliphatic heterocycles. The smallest absolute Gasteiger partial charge is 0.224 e. The number of carbonyl (C=O) groups excluding carboxylic acids is 1. The van der Waals surface area contributed by atoms with Gasteiger partial charge in [-0.25, -0.2) is 13.6 Å². The molecule has 0 heterocycles. The highest BCUT2D eigenvalue weighted by Crippen LogP contribution is 2.05. The van der Waals surface area contributed by atoms with E-state index in [-0.39, 0.29) is 24.6 Å². The van der Waals surface area contributed by atoms with E-state index in [0.717, 1.165) is 11.1 Å². The number of nitrogens with one attached hydrogen (secondary N) is 1. The molecular weight excluding hydrogens is 286 g/mol. The molecule has 1 aromatic carbocycles. The Labute approximate surface area is 117 Å². The van der Waals surface area contributed by atoms with Crippen LogP contribution in [0.25, 0.3) is 0 Å². The van der Waals surface area contributed by atoms with Crippen molar-refractivity contribution in [3.63, 3.8) is 0 Å². The zero-order chi connectivity index (χ0) is 14.5. The topological polar surface area (TPSA) is 115 Å². The van der Waals surface area contributed by atoms with Crippen LogP contribution in [-0.4, -0.2) is 31.6 Å². The summed E-state index contributed by atoms with van der Waals surface area (Å²) in [4.78, 5) is 11.8. The molecule has 1 aromatic rings. The van der Waals surface area contributed by atoms with E-state index < -0.39 is 10.0 Å². The summed E-state index contributed by atoms with van der Waals surface area (Å²) in [6.07, 6.45) is 0.155. The number of hydrogen-bond donors (Lipinski definition) is 3. The zero-order valence-corrected chi connectivity index (χ0v) is 11.8. The van der Waals surface area contributed by atoms with Gasteiger partial charge in [-0.15, -0.1) is 0 Å². The molecule has 0 saturated carbocycles. The Morgan fingerprint density at radius 2 is 1.84 bits per heavy atom. The molecule has 0 atom stereocenters. The van der Waals surface area contributed by atoms with Crippen molar-refractivity contribution >= 4 is 33.1 Å². The fourth-order valence-corrected chi connectivity index (χ4v) is 1.89. The van der Waals surface area contributed by atoms with Crippen molar-refractivity contribution in [3.8, 4) is 0 Å². The minimum atomic E-state index is -3.55. The van der Waals surface area contributed by atoms with Gasteiger partial charge in [-0.3, -0.25) is 4.79 Å². The number of thiocarbonyl (C=S) groups is 1. The number of benzene rings is 1. The molecule has 0 radical (unpaired) electrons. The van der Waals surface area contributed by atoms with Gasteiger partial charge in [0.25, 0.3) is 0 Å². The van der Waals surface area contributed by atoms with E-state index in [4.69, 9.17) is 23.1 Å². The lowest BCUT2D eigenvalue weighted by atomic mass is 10.1. The average Bonchev–Trinajstić information content (AvgIpc) is 2.27. The summed E-state index contributed by atoms with van der Waals surface area (Å²) in [5.41, 5.74) is 6.97. The Hall–Kier alpha value is -1.51. The van der Waals surface area contributed by atoms with Gasteiger partial charge in [0, 0.05) is 12.1 Å². The quantitative estimate of drug-likeness (QED) is 0.599. The predicted octanol–water partition coefficient (Wildman–Crippen LogP) is -0.732. The van der Waals surface area contributed by atoms with Gasteiger partial charge in [0.2, 0.25) is 15.9 Å². The van der Waals surface area contributed by atoms with Gasteiger partial charge < -0.3 is 11.1 Å².